The third-order valence-corrected chi connectivity index (χ3v) is 5.28. The summed E-state index contributed by atoms with van der Waals surface area (Å²) < 4.78 is 24.2. The Balaban J connectivity index is 2.70. The molecule has 0 aliphatic rings. The molecule has 2 aromatic rings. The average molecular weight is 359 g/mol. The molecule has 0 aliphatic carbocycles. The van der Waals surface area contributed by atoms with Crippen molar-refractivity contribution in [3.05, 3.63) is 71.3 Å². The van der Waals surface area contributed by atoms with Gasteiger partial charge in [-0.25, -0.2) is 13.6 Å². The summed E-state index contributed by atoms with van der Waals surface area (Å²) in [6.45, 7) is 8.95. The molecule has 0 amide bonds. The van der Waals surface area contributed by atoms with Crippen LogP contribution in [0.5, 0.6) is 0 Å². The van der Waals surface area contributed by atoms with E-state index in [1.54, 1.807) is 12.1 Å². The highest BCUT2D eigenvalue weighted by atomic mass is 32.2. The highest BCUT2D eigenvalue weighted by Gasteiger charge is 2.19. The van der Waals surface area contributed by atoms with Gasteiger partial charge in [0.25, 0.3) is 0 Å². The minimum Gasteiger partial charge on any atom is -0.300 e. The number of nitrogens with zero attached hydrogens (tertiary/aromatic N) is 1. The number of primary sulfonamides is 1. The normalized spacial score (nSPS) is 13.0. The van der Waals surface area contributed by atoms with Gasteiger partial charge in [0, 0.05) is 12.1 Å². The topological polar surface area (TPSA) is 63.4 Å². The summed E-state index contributed by atoms with van der Waals surface area (Å²) in [6, 6.07) is 16.8. The molecule has 0 saturated heterocycles. The zero-order valence-electron chi connectivity index (χ0n) is 15.1. The van der Waals surface area contributed by atoms with E-state index in [2.05, 4.69) is 25.7 Å². The first-order valence-corrected chi connectivity index (χ1v) is 10.0. The number of likely N-dealkylation sites (N-methyl/N-ethyl adjacent to an activating group) is 1. The summed E-state index contributed by atoms with van der Waals surface area (Å²) in [6.07, 6.45) is 0. The Hall–Kier alpha value is -1.95. The van der Waals surface area contributed by atoms with Crippen LogP contribution in [0.25, 0.3) is 5.57 Å². The molecule has 0 spiro atoms. The molecule has 0 atom stereocenters. The zero-order valence-corrected chi connectivity index (χ0v) is 15.9. The van der Waals surface area contributed by atoms with Gasteiger partial charge in [0.1, 0.15) is 0 Å². The number of nitrogens with two attached hydrogens (primary N) is 1. The van der Waals surface area contributed by atoms with Crippen LogP contribution in [0.1, 0.15) is 31.9 Å². The van der Waals surface area contributed by atoms with Gasteiger partial charge >= 0.3 is 0 Å². The molecule has 4 nitrogen and oxygen atoms in total. The Labute approximate surface area is 151 Å². The molecule has 0 heterocycles. The van der Waals surface area contributed by atoms with Gasteiger partial charge < -0.3 is 0 Å². The van der Waals surface area contributed by atoms with Crippen LogP contribution in [0.3, 0.4) is 0 Å². The van der Waals surface area contributed by atoms with Crippen molar-refractivity contribution in [3.8, 4) is 0 Å². The van der Waals surface area contributed by atoms with Crippen molar-refractivity contribution >= 4 is 15.6 Å². The fourth-order valence-electron chi connectivity index (χ4n) is 3.02. The molecule has 25 heavy (non-hydrogen) atoms. The van der Waals surface area contributed by atoms with Crippen LogP contribution in [-0.4, -0.2) is 33.0 Å². The number of hydrogen-bond donors (Lipinski definition) is 1. The molecule has 0 fully saturated rings. The zero-order chi connectivity index (χ0) is 18.4. The van der Waals surface area contributed by atoms with E-state index in [4.69, 9.17) is 5.14 Å². The van der Waals surface area contributed by atoms with Gasteiger partial charge in [0.05, 0.1) is 4.90 Å². The van der Waals surface area contributed by atoms with Crippen LogP contribution in [0.15, 0.2) is 65.1 Å². The van der Waals surface area contributed by atoms with Crippen molar-refractivity contribution in [3.63, 3.8) is 0 Å². The Morgan fingerprint density at radius 3 is 2.08 bits per heavy atom. The van der Waals surface area contributed by atoms with Crippen molar-refractivity contribution in [2.45, 2.75) is 25.7 Å². The highest BCUT2D eigenvalue weighted by molar-refractivity contribution is 7.89. The van der Waals surface area contributed by atoms with Gasteiger partial charge in [-0.15, -0.1) is 0 Å². The summed E-state index contributed by atoms with van der Waals surface area (Å²) in [7, 11) is -3.81. The molecule has 0 aromatic heterocycles. The monoisotopic (exact) mass is 358 g/mol. The van der Waals surface area contributed by atoms with E-state index >= 15 is 0 Å². The third-order valence-electron chi connectivity index (χ3n) is 4.31. The quantitative estimate of drug-likeness (QED) is 0.824. The van der Waals surface area contributed by atoms with Gasteiger partial charge in [-0.3, -0.25) is 4.90 Å². The van der Waals surface area contributed by atoms with Crippen LogP contribution in [-0.2, 0) is 10.0 Å². The summed E-state index contributed by atoms with van der Waals surface area (Å²) in [5, 5.41) is 5.47. The standard InChI is InChI=1S/C20H26N2O2S/c1-4-22(5-2)15-16(3)20(17-11-7-6-8-12-17)18-13-9-10-14-19(18)25(21,23)24/h6-14H,4-5,15H2,1-3H3,(H2,21,23,24)/b20-16+. The number of sulfonamides is 1. The largest absolute Gasteiger partial charge is 0.300 e. The van der Waals surface area contributed by atoms with Crippen molar-refractivity contribution in [1.82, 2.24) is 4.90 Å². The molecule has 0 unspecified atom stereocenters. The predicted octanol–water partition coefficient (Wildman–Crippen LogP) is 3.50. The minimum absolute atomic E-state index is 0.160. The second-order valence-electron chi connectivity index (χ2n) is 6.02. The minimum atomic E-state index is -3.81. The lowest BCUT2D eigenvalue weighted by atomic mass is 9.93. The molecule has 2 rings (SSSR count). The van der Waals surface area contributed by atoms with Crippen LogP contribution >= 0.6 is 0 Å². The average Bonchev–Trinajstić information content (AvgIpc) is 2.60. The SMILES string of the molecule is CCN(CC)C/C(C)=C(\c1ccccc1)c1ccccc1S(N)(=O)=O. The van der Waals surface area contributed by atoms with Crippen molar-refractivity contribution in [2.24, 2.45) is 5.14 Å². The number of benzene rings is 2. The Kier molecular flexibility index (Phi) is 6.53. The maximum absolute atomic E-state index is 12.1. The molecule has 2 aromatic carbocycles. The molecule has 5 heteroatoms. The van der Waals surface area contributed by atoms with Crippen LogP contribution in [0.4, 0.5) is 0 Å². The van der Waals surface area contributed by atoms with E-state index in [1.165, 1.54) is 0 Å². The van der Waals surface area contributed by atoms with Gasteiger partial charge in [0.2, 0.25) is 10.0 Å². The molecule has 134 valence electrons. The summed E-state index contributed by atoms with van der Waals surface area (Å²) in [5.74, 6) is 0. The lowest BCUT2D eigenvalue weighted by molar-refractivity contribution is 0.330. The summed E-state index contributed by atoms with van der Waals surface area (Å²) in [4.78, 5) is 2.46. The van der Waals surface area contributed by atoms with E-state index < -0.39 is 10.0 Å². The van der Waals surface area contributed by atoms with Gasteiger partial charge in [-0.2, -0.15) is 0 Å². The van der Waals surface area contributed by atoms with Crippen molar-refractivity contribution in [1.29, 1.82) is 0 Å². The van der Waals surface area contributed by atoms with Crippen molar-refractivity contribution in [2.75, 3.05) is 19.6 Å². The first kappa shape index (κ1) is 19.4. The van der Waals surface area contributed by atoms with Gasteiger partial charge in [0.15, 0.2) is 0 Å². The van der Waals surface area contributed by atoms with Crippen molar-refractivity contribution < 1.29 is 8.42 Å². The maximum Gasteiger partial charge on any atom is 0.238 e. The number of rotatable bonds is 7. The Morgan fingerprint density at radius 2 is 1.52 bits per heavy atom. The maximum atomic E-state index is 12.1. The van der Waals surface area contributed by atoms with Crippen LogP contribution < -0.4 is 5.14 Å². The predicted molar refractivity (Wildman–Crippen MR) is 104 cm³/mol. The fraction of sp³-hybridized carbons (Fsp3) is 0.300. The third kappa shape index (κ3) is 4.78. The first-order chi connectivity index (χ1) is 11.9. The lowest BCUT2D eigenvalue weighted by Crippen LogP contribution is -2.25. The van der Waals surface area contributed by atoms with E-state index in [0.717, 1.165) is 36.3 Å². The van der Waals surface area contributed by atoms with Crippen LogP contribution in [0, 0.1) is 0 Å². The highest BCUT2D eigenvalue weighted by Crippen LogP contribution is 2.31. The summed E-state index contributed by atoms with van der Waals surface area (Å²) >= 11 is 0. The lowest BCUT2D eigenvalue weighted by Gasteiger charge is -2.22. The second-order valence-corrected chi connectivity index (χ2v) is 7.55. The second kappa shape index (κ2) is 8.43. The first-order valence-electron chi connectivity index (χ1n) is 8.48. The molecular formula is C20H26N2O2S. The van der Waals surface area contributed by atoms with Gasteiger partial charge in [-0.05, 0) is 37.2 Å². The fourth-order valence-corrected chi connectivity index (χ4v) is 3.76. The molecule has 0 aliphatic heterocycles. The van der Waals surface area contributed by atoms with E-state index in [1.807, 2.05) is 42.5 Å². The van der Waals surface area contributed by atoms with E-state index in [-0.39, 0.29) is 4.90 Å². The van der Waals surface area contributed by atoms with Crippen LogP contribution in [0.2, 0.25) is 0 Å². The smallest absolute Gasteiger partial charge is 0.238 e. The summed E-state index contributed by atoms with van der Waals surface area (Å²) in [5.41, 5.74) is 3.69. The molecule has 2 N–H and O–H groups in total. The molecule has 0 radical (unpaired) electrons. The molecule has 0 saturated carbocycles. The number of hydrogen-bond acceptors (Lipinski definition) is 3. The van der Waals surface area contributed by atoms with E-state index in [0.29, 0.717) is 5.56 Å². The Bertz CT molecular complexity index is 839. The molecule has 0 bridgehead atoms. The van der Waals surface area contributed by atoms with E-state index in [9.17, 15) is 8.42 Å². The molecular weight excluding hydrogens is 332 g/mol. The Morgan fingerprint density at radius 1 is 0.960 bits per heavy atom. The van der Waals surface area contributed by atoms with Gasteiger partial charge in [-0.1, -0.05) is 68.0 Å².